The van der Waals surface area contributed by atoms with Crippen LogP contribution in [0.3, 0.4) is 0 Å². The van der Waals surface area contributed by atoms with Crippen LogP contribution in [-0.4, -0.2) is 35.4 Å². The van der Waals surface area contributed by atoms with Crippen molar-refractivity contribution in [2.75, 3.05) is 6.61 Å². The van der Waals surface area contributed by atoms with Crippen LogP contribution in [0.4, 0.5) is 4.39 Å². The zero-order chi connectivity index (χ0) is 21.5. The Morgan fingerprint density at radius 3 is 2.63 bits per heavy atom. The van der Waals surface area contributed by atoms with Crippen molar-refractivity contribution in [1.29, 1.82) is 0 Å². The molecule has 5 nitrogen and oxygen atoms in total. The lowest BCUT2D eigenvalue weighted by Gasteiger charge is -2.29. The maximum atomic E-state index is 14.2. The van der Waals surface area contributed by atoms with Gasteiger partial charge < -0.3 is 15.0 Å². The van der Waals surface area contributed by atoms with E-state index in [0.29, 0.717) is 16.3 Å². The van der Waals surface area contributed by atoms with Crippen LogP contribution >= 0.6 is 11.6 Å². The normalized spacial score (nSPS) is 14.9. The molecule has 3 rings (SSSR count). The monoisotopic (exact) mass is 432 g/mol. The van der Waals surface area contributed by atoms with Crippen LogP contribution in [0.1, 0.15) is 38.2 Å². The summed E-state index contributed by atoms with van der Waals surface area (Å²) < 4.78 is 19.8. The summed E-state index contributed by atoms with van der Waals surface area (Å²) in [7, 11) is 0. The fourth-order valence-electron chi connectivity index (χ4n) is 3.57. The third-order valence-corrected chi connectivity index (χ3v) is 5.56. The molecule has 2 amide bonds. The Labute approximate surface area is 181 Å². The van der Waals surface area contributed by atoms with Gasteiger partial charge in [0.15, 0.2) is 6.61 Å². The van der Waals surface area contributed by atoms with Crippen molar-refractivity contribution in [2.45, 2.75) is 51.2 Å². The highest BCUT2D eigenvalue weighted by atomic mass is 35.5. The summed E-state index contributed by atoms with van der Waals surface area (Å²) in [5.41, 5.74) is 0.342. The molecule has 2 aromatic rings. The number of nitrogens with one attached hydrogen (secondary N) is 1. The number of hydrogen-bond acceptors (Lipinski definition) is 3. The molecule has 1 saturated carbocycles. The van der Waals surface area contributed by atoms with E-state index in [9.17, 15) is 14.0 Å². The Hall–Kier alpha value is -2.60. The highest BCUT2D eigenvalue weighted by molar-refractivity contribution is 6.30. The van der Waals surface area contributed by atoms with E-state index in [2.05, 4.69) is 5.32 Å². The average molecular weight is 433 g/mol. The second-order valence-electron chi connectivity index (χ2n) is 7.53. The number of amides is 2. The van der Waals surface area contributed by atoms with Gasteiger partial charge in [0.05, 0.1) is 0 Å². The predicted octanol–water partition coefficient (Wildman–Crippen LogP) is 4.33. The minimum absolute atomic E-state index is 0.0241. The summed E-state index contributed by atoms with van der Waals surface area (Å²) in [6, 6.07) is 12.3. The second-order valence-corrected chi connectivity index (χ2v) is 7.96. The number of carbonyl (C=O) groups is 2. The molecule has 0 heterocycles. The van der Waals surface area contributed by atoms with E-state index in [-0.39, 0.29) is 25.1 Å². The minimum Gasteiger partial charge on any atom is -0.484 e. The van der Waals surface area contributed by atoms with Crippen LogP contribution in [0, 0.1) is 5.82 Å². The number of hydrogen-bond donors (Lipinski definition) is 1. The summed E-state index contributed by atoms with van der Waals surface area (Å²) in [5, 5.41) is 3.50. The van der Waals surface area contributed by atoms with E-state index in [1.807, 2.05) is 0 Å². The highest BCUT2D eigenvalue weighted by Gasteiger charge is 2.29. The van der Waals surface area contributed by atoms with Crippen LogP contribution in [-0.2, 0) is 16.1 Å². The van der Waals surface area contributed by atoms with Gasteiger partial charge in [0, 0.05) is 23.2 Å². The third-order valence-electron chi connectivity index (χ3n) is 5.33. The van der Waals surface area contributed by atoms with Crippen LogP contribution < -0.4 is 10.1 Å². The van der Waals surface area contributed by atoms with Crippen LogP contribution in [0.2, 0.25) is 5.02 Å². The summed E-state index contributed by atoms with van der Waals surface area (Å²) in [6.45, 7) is 1.35. The second kappa shape index (κ2) is 10.4. The lowest BCUT2D eigenvalue weighted by molar-refractivity contribution is -0.142. The van der Waals surface area contributed by atoms with Crippen molar-refractivity contribution in [1.82, 2.24) is 10.2 Å². The molecule has 7 heteroatoms. The number of rotatable bonds is 8. The molecule has 0 bridgehead atoms. The quantitative estimate of drug-likeness (QED) is 0.675. The number of benzene rings is 2. The van der Waals surface area contributed by atoms with Gasteiger partial charge in [0.25, 0.3) is 5.91 Å². The number of ether oxygens (including phenoxy) is 1. The van der Waals surface area contributed by atoms with E-state index < -0.39 is 17.8 Å². The largest absolute Gasteiger partial charge is 0.484 e. The van der Waals surface area contributed by atoms with Gasteiger partial charge in [-0.15, -0.1) is 0 Å². The lowest BCUT2D eigenvalue weighted by atomic mass is 10.1. The van der Waals surface area contributed by atoms with Crippen molar-refractivity contribution in [3.05, 3.63) is 64.9 Å². The van der Waals surface area contributed by atoms with Crippen LogP contribution in [0.5, 0.6) is 5.75 Å². The van der Waals surface area contributed by atoms with Crippen LogP contribution in [0.25, 0.3) is 0 Å². The lowest BCUT2D eigenvalue weighted by Crippen LogP contribution is -2.50. The molecule has 1 aliphatic rings. The summed E-state index contributed by atoms with van der Waals surface area (Å²) in [6.07, 6.45) is 4.06. The van der Waals surface area contributed by atoms with Crippen molar-refractivity contribution in [3.8, 4) is 5.75 Å². The van der Waals surface area contributed by atoms with Crippen LogP contribution in [0.15, 0.2) is 48.5 Å². The van der Waals surface area contributed by atoms with E-state index in [4.69, 9.17) is 16.3 Å². The molecule has 160 valence electrons. The minimum atomic E-state index is -0.763. The first-order chi connectivity index (χ1) is 14.4. The molecule has 0 saturated heterocycles. The van der Waals surface area contributed by atoms with Gasteiger partial charge >= 0.3 is 0 Å². The van der Waals surface area contributed by atoms with Crippen molar-refractivity contribution in [2.24, 2.45) is 0 Å². The van der Waals surface area contributed by atoms with E-state index in [1.54, 1.807) is 49.4 Å². The molecule has 2 aromatic carbocycles. The van der Waals surface area contributed by atoms with Gasteiger partial charge in [-0.05, 0) is 44.0 Å². The number of halogens is 2. The molecule has 0 aliphatic heterocycles. The SMILES string of the molecule is CC(C(=O)NC1CCCC1)N(Cc1ccccc1F)C(=O)COc1cccc(Cl)c1. The molecule has 1 atom stereocenters. The molecular weight excluding hydrogens is 407 g/mol. The van der Waals surface area contributed by atoms with E-state index >= 15 is 0 Å². The van der Waals surface area contributed by atoms with Gasteiger partial charge in [-0.1, -0.05) is 48.7 Å². The van der Waals surface area contributed by atoms with E-state index in [1.165, 1.54) is 11.0 Å². The number of nitrogens with zero attached hydrogens (tertiary/aromatic N) is 1. The average Bonchev–Trinajstić information content (AvgIpc) is 3.24. The Morgan fingerprint density at radius 2 is 1.93 bits per heavy atom. The highest BCUT2D eigenvalue weighted by Crippen LogP contribution is 2.20. The Kier molecular flexibility index (Phi) is 7.69. The summed E-state index contributed by atoms with van der Waals surface area (Å²) in [4.78, 5) is 27.1. The van der Waals surface area contributed by atoms with Crippen molar-refractivity contribution < 1.29 is 18.7 Å². The van der Waals surface area contributed by atoms with Crippen molar-refractivity contribution in [3.63, 3.8) is 0 Å². The summed E-state index contributed by atoms with van der Waals surface area (Å²) in [5.74, 6) is -0.624. The predicted molar refractivity (Wildman–Crippen MR) is 114 cm³/mol. The zero-order valence-corrected chi connectivity index (χ0v) is 17.7. The molecular formula is C23H26ClFN2O3. The Balaban J connectivity index is 1.72. The third kappa shape index (κ3) is 5.95. The topological polar surface area (TPSA) is 58.6 Å². The Morgan fingerprint density at radius 1 is 1.20 bits per heavy atom. The van der Waals surface area contributed by atoms with Gasteiger partial charge in [-0.2, -0.15) is 0 Å². The van der Waals surface area contributed by atoms with Gasteiger partial charge in [-0.25, -0.2) is 4.39 Å². The van der Waals surface area contributed by atoms with Gasteiger partial charge in [-0.3, -0.25) is 9.59 Å². The van der Waals surface area contributed by atoms with E-state index in [0.717, 1.165) is 25.7 Å². The van der Waals surface area contributed by atoms with Gasteiger partial charge in [0.1, 0.15) is 17.6 Å². The standard InChI is InChI=1S/C23H26ClFN2O3/c1-16(23(29)26-19-9-3-4-10-19)27(14-17-7-2-5-12-21(17)25)22(28)15-30-20-11-6-8-18(24)13-20/h2,5-8,11-13,16,19H,3-4,9-10,14-15H2,1H3,(H,26,29). The fraction of sp³-hybridized carbons (Fsp3) is 0.391. The smallest absolute Gasteiger partial charge is 0.261 e. The molecule has 1 aliphatic carbocycles. The van der Waals surface area contributed by atoms with Crippen molar-refractivity contribution >= 4 is 23.4 Å². The molecule has 1 fully saturated rings. The first-order valence-electron chi connectivity index (χ1n) is 10.2. The maximum absolute atomic E-state index is 14.2. The maximum Gasteiger partial charge on any atom is 0.261 e. The molecule has 0 aromatic heterocycles. The Bertz CT molecular complexity index is 886. The molecule has 0 spiro atoms. The first-order valence-corrected chi connectivity index (χ1v) is 10.5. The molecule has 30 heavy (non-hydrogen) atoms. The summed E-state index contributed by atoms with van der Waals surface area (Å²) >= 11 is 5.95. The zero-order valence-electron chi connectivity index (χ0n) is 16.9. The molecule has 0 radical (unpaired) electrons. The molecule has 1 unspecified atom stereocenters. The van der Waals surface area contributed by atoms with Gasteiger partial charge in [0.2, 0.25) is 5.91 Å². The fourth-order valence-corrected chi connectivity index (χ4v) is 3.75. The first kappa shape index (κ1) is 22.1. The number of carbonyl (C=O) groups excluding carboxylic acids is 2. The molecule has 1 N–H and O–H groups in total.